The van der Waals surface area contributed by atoms with E-state index in [2.05, 4.69) is 0 Å². The lowest BCUT2D eigenvalue weighted by Crippen LogP contribution is -2.30. The third kappa shape index (κ3) is 6.74. The summed E-state index contributed by atoms with van der Waals surface area (Å²) in [6.45, 7) is 4.80. The molecular weight excluding hydrogens is 376 g/mol. The molecule has 1 amide bonds. The summed E-state index contributed by atoms with van der Waals surface area (Å²) in [4.78, 5) is 25.9. The van der Waals surface area contributed by atoms with Crippen LogP contribution in [-0.2, 0) is 14.3 Å². The normalized spacial score (nSPS) is 18.6. The molecule has 0 bridgehead atoms. The summed E-state index contributed by atoms with van der Waals surface area (Å²) in [6.07, 6.45) is -0.171. The van der Waals surface area contributed by atoms with Gasteiger partial charge < -0.3 is 29.6 Å². The van der Waals surface area contributed by atoms with Gasteiger partial charge in [-0.15, -0.1) is 0 Å². The summed E-state index contributed by atoms with van der Waals surface area (Å²) in [5.41, 5.74) is 1.02. The molecule has 2 N–H and O–H groups in total. The van der Waals surface area contributed by atoms with E-state index in [0.717, 1.165) is 5.56 Å². The van der Waals surface area contributed by atoms with Gasteiger partial charge in [0.2, 0.25) is 0 Å². The molecule has 0 unspecified atom stereocenters. The molecule has 1 aromatic carbocycles. The van der Waals surface area contributed by atoms with Crippen LogP contribution in [0.25, 0.3) is 0 Å². The molecule has 0 spiro atoms. The molecule has 1 aliphatic heterocycles. The van der Waals surface area contributed by atoms with Crippen molar-refractivity contribution in [1.82, 2.24) is 4.90 Å². The molecule has 1 heterocycles. The highest BCUT2D eigenvalue weighted by Gasteiger charge is 2.38. The Hall–Kier alpha value is -2.61. The number of hydrogen-bond acceptors (Lipinski definition) is 7. The molecule has 8 heteroatoms. The minimum atomic E-state index is -0.375. The minimum absolute atomic E-state index is 0.00383. The maximum atomic E-state index is 12.4. The largest absolute Gasteiger partial charge is 0.488 e. The summed E-state index contributed by atoms with van der Waals surface area (Å²) in [5.74, 6) is 0.329. The van der Waals surface area contributed by atoms with E-state index < -0.39 is 0 Å². The van der Waals surface area contributed by atoms with E-state index in [0.29, 0.717) is 25.4 Å². The fourth-order valence-electron chi connectivity index (χ4n) is 3.28. The molecule has 0 aliphatic carbocycles. The molecule has 29 heavy (non-hydrogen) atoms. The van der Waals surface area contributed by atoms with Gasteiger partial charge in [0.05, 0.1) is 32.5 Å². The Labute approximate surface area is 171 Å². The second-order valence-corrected chi connectivity index (χ2v) is 7.65. The highest BCUT2D eigenvalue weighted by Crippen LogP contribution is 2.36. The Morgan fingerprint density at radius 1 is 1.31 bits per heavy atom. The number of nitrogens with one attached hydrogen (secondary N) is 1. The van der Waals surface area contributed by atoms with Gasteiger partial charge >= 0.3 is 12.1 Å². The van der Waals surface area contributed by atoms with Gasteiger partial charge in [-0.3, -0.25) is 4.79 Å². The third-order valence-corrected chi connectivity index (χ3v) is 4.79. The molecule has 1 aromatic rings. The summed E-state index contributed by atoms with van der Waals surface area (Å²) < 4.78 is 15.7. The Morgan fingerprint density at radius 2 is 2.07 bits per heavy atom. The number of esters is 1. The van der Waals surface area contributed by atoms with E-state index in [1.165, 1.54) is 7.11 Å². The van der Waals surface area contributed by atoms with Crippen molar-refractivity contribution in [2.75, 3.05) is 40.0 Å². The first-order valence-electron chi connectivity index (χ1n) is 9.72. The van der Waals surface area contributed by atoms with E-state index in [9.17, 15) is 9.59 Å². The lowest BCUT2D eigenvalue weighted by atomic mass is 9.87. The Kier molecular flexibility index (Phi) is 8.45. The smallest absolute Gasteiger partial charge is 0.409 e. The number of nitrogens with zero attached hydrogens (tertiary/aromatic N) is 1. The van der Waals surface area contributed by atoms with Gasteiger partial charge in [0, 0.05) is 19.0 Å². The van der Waals surface area contributed by atoms with E-state index in [1.807, 2.05) is 32.0 Å². The molecule has 1 aliphatic rings. The Bertz CT molecular complexity index is 721. The van der Waals surface area contributed by atoms with Crippen LogP contribution in [-0.4, -0.2) is 67.8 Å². The number of hydrogen-bond donors (Lipinski definition) is 2. The molecular formula is C21H30N2O6. The number of methoxy groups -OCH3 is 1. The molecule has 2 atom stereocenters. The van der Waals surface area contributed by atoms with Crippen molar-refractivity contribution in [3.8, 4) is 5.75 Å². The van der Waals surface area contributed by atoms with Crippen LogP contribution in [0.3, 0.4) is 0 Å². The number of ether oxygens (including phenoxy) is 3. The predicted molar refractivity (Wildman–Crippen MR) is 107 cm³/mol. The number of likely N-dealkylation sites (tertiary alicyclic amines) is 1. The number of carbonyl (C=O) groups is 2. The lowest BCUT2D eigenvalue weighted by Gasteiger charge is -2.18. The minimum Gasteiger partial charge on any atom is -0.488 e. The van der Waals surface area contributed by atoms with Crippen LogP contribution < -0.4 is 4.74 Å². The van der Waals surface area contributed by atoms with Gasteiger partial charge in [0.15, 0.2) is 0 Å². The van der Waals surface area contributed by atoms with Crippen LogP contribution in [0.15, 0.2) is 24.3 Å². The zero-order chi connectivity index (χ0) is 21.4. The molecule has 0 saturated carbocycles. The monoisotopic (exact) mass is 406 g/mol. The van der Waals surface area contributed by atoms with Crippen LogP contribution in [0.5, 0.6) is 5.75 Å². The van der Waals surface area contributed by atoms with E-state index >= 15 is 0 Å². The van der Waals surface area contributed by atoms with Crippen LogP contribution in [0.2, 0.25) is 0 Å². The molecule has 0 aromatic heterocycles. The molecule has 8 nitrogen and oxygen atoms in total. The van der Waals surface area contributed by atoms with Gasteiger partial charge in [-0.1, -0.05) is 26.0 Å². The fraction of sp³-hybridized carbons (Fsp3) is 0.571. The standard InChI is InChI=1S/C21H30N2O6/c1-14(2)12-29-21(26)23-9-16(8-20(25)27-3)19(10-23)15-5-4-6-18(7-15)28-13-17(22)11-24/h4-7,14,16,19,22,24H,8-13H2,1-3H3/t16-,19-/m0/s1. The van der Waals surface area contributed by atoms with Crippen molar-refractivity contribution in [2.24, 2.45) is 11.8 Å². The second-order valence-electron chi connectivity index (χ2n) is 7.65. The number of aliphatic hydroxyl groups excluding tert-OH is 1. The van der Waals surface area contributed by atoms with Gasteiger partial charge in [-0.05, 0) is 29.5 Å². The number of amides is 1. The van der Waals surface area contributed by atoms with Crippen molar-refractivity contribution in [1.29, 1.82) is 5.41 Å². The van der Waals surface area contributed by atoms with E-state index in [4.69, 9.17) is 24.7 Å². The van der Waals surface area contributed by atoms with Crippen molar-refractivity contribution >= 4 is 17.8 Å². The van der Waals surface area contributed by atoms with Crippen LogP contribution in [0, 0.1) is 17.2 Å². The Balaban J connectivity index is 2.14. The molecule has 1 saturated heterocycles. The molecule has 0 radical (unpaired) electrons. The van der Waals surface area contributed by atoms with Gasteiger partial charge in [0.25, 0.3) is 0 Å². The summed E-state index contributed by atoms with van der Waals surface area (Å²) in [6, 6.07) is 7.39. The first-order valence-corrected chi connectivity index (χ1v) is 9.72. The SMILES string of the molecule is COC(=O)C[C@H]1CN(C(=O)OCC(C)C)C[C@H]1c1cccc(OCC(=N)CO)c1. The number of carbonyl (C=O) groups excluding carboxylic acids is 2. The van der Waals surface area contributed by atoms with Crippen molar-refractivity contribution in [2.45, 2.75) is 26.2 Å². The molecule has 160 valence electrons. The third-order valence-electron chi connectivity index (χ3n) is 4.79. The van der Waals surface area contributed by atoms with Crippen molar-refractivity contribution in [3.05, 3.63) is 29.8 Å². The summed E-state index contributed by atoms with van der Waals surface area (Å²) in [7, 11) is 1.35. The quantitative estimate of drug-likeness (QED) is 0.482. The van der Waals surface area contributed by atoms with Gasteiger partial charge in [-0.25, -0.2) is 4.79 Å². The predicted octanol–water partition coefficient (Wildman–Crippen LogP) is 2.45. The average Bonchev–Trinajstić information content (AvgIpc) is 3.14. The molecule has 2 rings (SSSR count). The number of benzene rings is 1. The zero-order valence-corrected chi connectivity index (χ0v) is 17.2. The lowest BCUT2D eigenvalue weighted by molar-refractivity contribution is -0.141. The number of rotatable bonds is 9. The van der Waals surface area contributed by atoms with Crippen molar-refractivity contribution in [3.63, 3.8) is 0 Å². The molecule has 1 fully saturated rings. The summed E-state index contributed by atoms with van der Waals surface area (Å²) in [5, 5.41) is 16.4. The van der Waals surface area contributed by atoms with Crippen LogP contribution >= 0.6 is 0 Å². The van der Waals surface area contributed by atoms with E-state index in [-0.39, 0.29) is 55.2 Å². The fourth-order valence-corrected chi connectivity index (χ4v) is 3.28. The van der Waals surface area contributed by atoms with Crippen LogP contribution in [0.1, 0.15) is 31.7 Å². The van der Waals surface area contributed by atoms with Gasteiger partial charge in [0.1, 0.15) is 12.4 Å². The first kappa shape index (κ1) is 22.7. The first-order chi connectivity index (χ1) is 13.8. The highest BCUT2D eigenvalue weighted by atomic mass is 16.6. The average molecular weight is 406 g/mol. The van der Waals surface area contributed by atoms with Crippen LogP contribution in [0.4, 0.5) is 4.79 Å². The second kappa shape index (κ2) is 10.8. The Morgan fingerprint density at radius 3 is 2.72 bits per heavy atom. The topological polar surface area (TPSA) is 109 Å². The van der Waals surface area contributed by atoms with E-state index in [1.54, 1.807) is 11.0 Å². The zero-order valence-electron chi connectivity index (χ0n) is 17.2. The van der Waals surface area contributed by atoms with Gasteiger partial charge in [-0.2, -0.15) is 0 Å². The highest BCUT2D eigenvalue weighted by molar-refractivity contribution is 5.83. The number of aliphatic hydroxyl groups is 1. The maximum absolute atomic E-state index is 12.4. The maximum Gasteiger partial charge on any atom is 0.409 e. The van der Waals surface area contributed by atoms with Crippen molar-refractivity contribution < 1.29 is 28.9 Å². The summed E-state index contributed by atoms with van der Waals surface area (Å²) >= 11 is 0.